The highest BCUT2D eigenvalue weighted by Gasteiger charge is 2.20. The number of carbonyl (C=O) groups is 2. The molecule has 3 N–H and O–H groups in total. The number of anilines is 2. The van der Waals surface area contributed by atoms with E-state index in [-0.39, 0.29) is 5.91 Å². The number of nitrogens with two attached hydrogens (primary N) is 1. The maximum atomic E-state index is 12.7. The van der Waals surface area contributed by atoms with E-state index in [1.807, 2.05) is 19.9 Å². The van der Waals surface area contributed by atoms with Gasteiger partial charge in [-0.3, -0.25) is 9.59 Å². The average Bonchev–Trinajstić information content (AvgIpc) is 2.94. The van der Waals surface area contributed by atoms with Crippen LogP contribution in [0.1, 0.15) is 50.0 Å². The first-order valence-electron chi connectivity index (χ1n) is 8.40. The lowest BCUT2D eigenvalue weighted by Gasteiger charge is -2.30. The molecule has 132 valence electrons. The van der Waals surface area contributed by atoms with Gasteiger partial charge in [0, 0.05) is 18.7 Å². The second kappa shape index (κ2) is 7.23. The molecule has 2 aromatic rings. The maximum Gasteiger partial charge on any atom is 0.267 e. The SMILES string of the molecule is Cc1nc(C)c(C(=O)Nc2cc(C(N)=O)ccc2N2CCCCC2)s1. The Labute approximate surface area is 151 Å². The molecule has 1 aromatic carbocycles. The van der Waals surface area contributed by atoms with E-state index in [4.69, 9.17) is 5.73 Å². The van der Waals surface area contributed by atoms with Crippen molar-refractivity contribution >= 4 is 34.5 Å². The molecule has 1 aromatic heterocycles. The molecule has 0 spiro atoms. The van der Waals surface area contributed by atoms with Gasteiger partial charge in [0.15, 0.2) is 0 Å². The second-order valence-corrected chi connectivity index (χ2v) is 7.45. The van der Waals surface area contributed by atoms with Crippen LogP contribution in [0.5, 0.6) is 0 Å². The first kappa shape index (κ1) is 17.4. The third-order valence-corrected chi connectivity index (χ3v) is 5.41. The van der Waals surface area contributed by atoms with Crippen molar-refractivity contribution in [3.8, 4) is 0 Å². The summed E-state index contributed by atoms with van der Waals surface area (Å²) in [4.78, 5) is 31.4. The number of hydrogen-bond acceptors (Lipinski definition) is 5. The number of rotatable bonds is 4. The summed E-state index contributed by atoms with van der Waals surface area (Å²) in [5, 5.41) is 3.81. The van der Waals surface area contributed by atoms with Gasteiger partial charge in [0.1, 0.15) is 4.88 Å². The molecule has 25 heavy (non-hydrogen) atoms. The molecule has 7 heteroatoms. The van der Waals surface area contributed by atoms with Gasteiger partial charge in [-0.05, 0) is 51.3 Å². The fourth-order valence-corrected chi connectivity index (χ4v) is 3.94. The number of nitrogens with one attached hydrogen (secondary N) is 1. The van der Waals surface area contributed by atoms with Crippen LogP contribution in [0.4, 0.5) is 11.4 Å². The van der Waals surface area contributed by atoms with Crippen molar-refractivity contribution in [3.05, 3.63) is 39.3 Å². The van der Waals surface area contributed by atoms with Gasteiger partial charge < -0.3 is 16.0 Å². The van der Waals surface area contributed by atoms with E-state index in [9.17, 15) is 9.59 Å². The summed E-state index contributed by atoms with van der Waals surface area (Å²) in [7, 11) is 0. The number of benzene rings is 1. The fourth-order valence-electron chi connectivity index (χ4n) is 3.12. The summed E-state index contributed by atoms with van der Waals surface area (Å²) in [5.41, 5.74) is 8.05. The van der Waals surface area contributed by atoms with Crippen molar-refractivity contribution in [1.29, 1.82) is 0 Å². The number of nitrogens with zero attached hydrogens (tertiary/aromatic N) is 2. The standard InChI is InChI=1S/C18H22N4O2S/c1-11-16(25-12(2)20-11)18(24)21-14-10-13(17(19)23)6-7-15(14)22-8-4-3-5-9-22/h6-7,10H,3-5,8-9H2,1-2H3,(H2,19,23)(H,21,24). The van der Waals surface area contributed by atoms with Crippen molar-refractivity contribution in [2.45, 2.75) is 33.1 Å². The molecule has 0 bridgehead atoms. The quantitative estimate of drug-likeness (QED) is 0.879. The normalized spacial score (nSPS) is 14.4. The van der Waals surface area contributed by atoms with E-state index >= 15 is 0 Å². The van der Waals surface area contributed by atoms with Gasteiger partial charge in [0.25, 0.3) is 5.91 Å². The number of carbonyl (C=O) groups excluding carboxylic acids is 2. The predicted octanol–water partition coefficient (Wildman–Crippen LogP) is 3.10. The minimum Gasteiger partial charge on any atom is -0.370 e. The van der Waals surface area contributed by atoms with E-state index in [1.54, 1.807) is 12.1 Å². The first-order valence-corrected chi connectivity index (χ1v) is 9.21. The number of aromatic nitrogens is 1. The van der Waals surface area contributed by atoms with Crippen molar-refractivity contribution in [3.63, 3.8) is 0 Å². The highest BCUT2D eigenvalue weighted by Crippen LogP contribution is 2.31. The number of hydrogen-bond donors (Lipinski definition) is 2. The lowest BCUT2D eigenvalue weighted by atomic mass is 10.1. The molecule has 1 saturated heterocycles. The van der Waals surface area contributed by atoms with Crippen molar-refractivity contribution in [1.82, 2.24) is 4.98 Å². The molecule has 3 rings (SSSR count). The van der Waals surface area contributed by atoms with Crippen LogP contribution in [0.15, 0.2) is 18.2 Å². The lowest BCUT2D eigenvalue weighted by molar-refractivity contribution is 0.0996. The minimum atomic E-state index is -0.509. The Hall–Kier alpha value is -2.41. The van der Waals surface area contributed by atoms with Crippen LogP contribution < -0.4 is 16.0 Å². The molecule has 1 fully saturated rings. The monoisotopic (exact) mass is 358 g/mol. The van der Waals surface area contributed by atoms with E-state index in [0.717, 1.165) is 36.6 Å². The highest BCUT2D eigenvalue weighted by molar-refractivity contribution is 7.13. The molecular formula is C18H22N4O2S. The zero-order chi connectivity index (χ0) is 18.0. The number of thiazole rings is 1. The Morgan fingerprint density at radius 1 is 1.20 bits per heavy atom. The molecule has 2 amide bonds. The summed E-state index contributed by atoms with van der Waals surface area (Å²) in [5.74, 6) is -0.714. The third-order valence-electron chi connectivity index (χ3n) is 4.34. The van der Waals surface area contributed by atoms with E-state index in [1.165, 1.54) is 17.8 Å². The number of piperidine rings is 1. The van der Waals surface area contributed by atoms with Crippen LogP contribution in [-0.2, 0) is 0 Å². The Balaban J connectivity index is 1.94. The predicted molar refractivity (Wildman–Crippen MR) is 101 cm³/mol. The Bertz CT molecular complexity index is 809. The van der Waals surface area contributed by atoms with Gasteiger partial charge in [-0.25, -0.2) is 4.98 Å². The van der Waals surface area contributed by atoms with Crippen LogP contribution in [0, 0.1) is 13.8 Å². The Morgan fingerprint density at radius 3 is 2.52 bits per heavy atom. The molecular weight excluding hydrogens is 336 g/mol. The average molecular weight is 358 g/mol. The minimum absolute atomic E-state index is 0.206. The highest BCUT2D eigenvalue weighted by atomic mass is 32.1. The van der Waals surface area contributed by atoms with Gasteiger partial charge in [-0.2, -0.15) is 0 Å². The maximum absolute atomic E-state index is 12.7. The Morgan fingerprint density at radius 2 is 1.92 bits per heavy atom. The molecule has 1 aliphatic heterocycles. The number of amides is 2. The molecule has 0 radical (unpaired) electrons. The molecule has 2 heterocycles. The summed E-state index contributed by atoms with van der Waals surface area (Å²) in [6, 6.07) is 5.24. The fraction of sp³-hybridized carbons (Fsp3) is 0.389. The zero-order valence-electron chi connectivity index (χ0n) is 14.5. The smallest absolute Gasteiger partial charge is 0.267 e. The third kappa shape index (κ3) is 3.82. The lowest BCUT2D eigenvalue weighted by Crippen LogP contribution is -2.30. The van der Waals surface area contributed by atoms with E-state index in [0.29, 0.717) is 21.8 Å². The molecule has 0 atom stereocenters. The molecule has 0 aliphatic carbocycles. The van der Waals surface area contributed by atoms with Crippen LogP contribution in [-0.4, -0.2) is 29.9 Å². The van der Waals surface area contributed by atoms with Crippen molar-refractivity contribution in [2.24, 2.45) is 5.73 Å². The van der Waals surface area contributed by atoms with Gasteiger partial charge in [-0.1, -0.05) is 0 Å². The topological polar surface area (TPSA) is 88.3 Å². The molecule has 1 aliphatic rings. The van der Waals surface area contributed by atoms with Crippen LogP contribution >= 0.6 is 11.3 Å². The van der Waals surface area contributed by atoms with Gasteiger partial charge in [0.05, 0.1) is 22.1 Å². The van der Waals surface area contributed by atoms with Gasteiger partial charge in [-0.15, -0.1) is 11.3 Å². The van der Waals surface area contributed by atoms with Gasteiger partial charge >= 0.3 is 0 Å². The van der Waals surface area contributed by atoms with E-state index in [2.05, 4.69) is 15.2 Å². The van der Waals surface area contributed by atoms with E-state index < -0.39 is 5.91 Å². The number of primary amides is 1. The summed E-state index contributed by atoms with van der Waals surface area (Å²) in [6.07, 6.45) is 3.47. The van der Waals surface area contributed by atoms with Crippen LogP contribution in [0.25, 0.3) is 0 Å². The van der Waals surface area contributed by atoms with Crippen molar-refractivity contribution in [2.75, 3.05) is 23.3 Å². The summed E-state index contributed by atoms with van der Waals surface area (Å²) >= 11 is 1.37. The molecule has 6 nitrogen and oxygen atoms in total. The second-order valence-electron chi connectivity index (χ2n) is 6.25. The van der Waals surface area contributed by atoms with Crippen molar-refractivity contribution < 1.29 is 9.59 Å². The first-order chi connectivity index (χ1) is 12.0. The van der Waals surface area contributed by atoms with Crippen LogP contribution in [0.3, 0.4) is 0 Å². The Kier molecular flexibility index (Phi) is 5.03. The van der Waals surface area contributed by atoms with Crippen LogP contribution in [0.2, 0.25) is 0 Å². The summed E-state index contributed by atoms with van der Waals surface area (Å²) in [6.45, 7) is 5.58. The molecule has 0 unspecified atom stereocenters. The number of aryl methyl sites for hydroxylation is 2. The zero-order valence-corrected chi connectivity index (χ0v) is 15.3. The molecule has 0 saturated carbocycles. The van der Waals surface area contributed by atoms with Gasteiger partial charge in [0.2, 0.25) is 5.91 Å². The largest absolute Gasteiger partial charge is 0.370 e. The summed E-state index contributed by atoms with van der Waals surface area (Å²) < 4.78 is 0.